The molecule has 40 heavy (non-hydrogen) atoms. The highest BCUT2D eigenvalue weighted by Crippen LogP contribution is 2.23. The molecule has 0 aliphatic rings. The molecule has 6 heteroatoms. The maximum Gasteiger partial charge on any atom is 0.119 e. The summed E-state index contributed by atoms with van der Waals surface area (Å²) in [4.78, 5) is 0. The van der Waals surface area contributed by atoms with Crippen molar-refractivity contribution in [2.75, 3.05) is 47.0 Å². The Kier molecular flexibility index (Phi) is 18.0. The fourth-order valence-corrected chi connectivity index (χ4v) is 4.68. The number of nitrogens with zero attached hydrogens (tertiary/aromatic N) is 3. The van der Waals surface area contributed by atoms with Crippen molar-refractivity contribution in [2.45, 2.75) is 96.8 Å². The number of azo groups is 1. The number of rotatable bonds is 24. The molecule has 0 unspecified atom stereocenters. The number of hydrogen-bond donors (Lipinski definition) is 1. The van der Waals surface area contributed by atoms with Gasteiger partial charge in [0.25, 0.3) is 0 Å². The van der Waals surface area contributed by atoms with E-state index in [0.717, 1.165) is 66.5 Å². The van der Waals surface area contributed by atoms with E-state index in [1.54, 1.807) is 0 Å². The van der Waals surface area contributed by atoms with Gasteiger partial charge < -0.3 is 19.1 Å². The molecule has 0 bridgehead atoms. The van der Waals surface area contributed by atoms with Gasteiger partial charge in [0.1, 0.15) is 18.0 Å². The highest BCUT2D eigenvalue weighted by molar-refractivity contribution is 5.44. The van der Waals surface area contributed by atoms with Gasteiger partial charge >= 0.3 is 0 Å². The lowest BCUT2D eigenvalue weighted by atomic mass is 10.1. The van der Waals surface area contributed by atoms with Crippen molar-refractivity contribution in [3.8, 4) is 11.5 Å². The average Bonchev–Trinajstić information content (AvgIpc) is 2.95. The van der Waals surface area contributed by atoms with Gasteiger partial charge in [0.05, 0.1) is 51.8 Å². The molecule has 0 amide bonds. The second-order valence-corrected chi connectivity index (χ2v) is 11.6. The first-order valence-electron chi connectivity index (χ1n) is 15.8. The summed E-state index contributed by atoms with van der Waals surface area (Å²) in [7, 11) is 4.40. The van der Waals surface area contributed by atoms with Crippen LogP contribution in [0.4, 0.5) is 11.4 Å². The summed E-state index contributed by atoms with van der Waals surface area (Å²) in [6.07, 6.45) is 17.7. The summed E-state index contributed by atoms with van der Waals surface area (Å²) in [6, 6.07) is 15.6. The Hall–Kier alpha value is -2.44. The quantitative estimate of drug-likeness (QED) is 0.0798. The van der Waals surface area contributed by atoms with Crippen LogP contribution in [0.2, 0.25) is 0 Å². The van der Waals surface area contributed by atoms with Gasteiger partial charge in [0.2, 0.25) is 0 Å². The van der Waals surface area contributed by atoms with Crippen molar-refractivity contribution in [3.63, 3.8) is 0 Å². The minimum Gasteiger partial charge on any atom is -0.494 e. The van der Waals surface area contributed by atoms with Gasteiger partial charge in [-0.15, -0.1) is 0 Å². The number of quaternary nitrogens is 1. The van der Waals surface area contributed by atoms with Gasteiger partial charge in [0.15, 0.2) is 0 Å². The molecule has 0 atom stereocenters. The van der Waals surface area contributed by atoms with Crippen molar-refractivity contribution in [2.24, 2.45) is 10.2 Å². The Bertz CT molecular complexity index is 898. The third kappa shape index (κ3) is 16.6. The summed E-state index contributed by atoms with van der Waals surface area (Å²) < 4.78 is 12.7. The molecule has 0 heterocycles. The van der Waals surface area contributed by atoms with Crippen molar-refractivity contribution in [3.05, 3.63) is 48.5 Å². The Labute approximate surface area is 244 Å². The molecule has 2 aromatic rings. The summed E-state index contributed by atoms with van der Waals surface area (Å²) in [5, 5.41) is 17.8. The predicted molar refractivity (Wildman–Crippen MR) is 167 cm³/mol. The molecule has 224 valence electrons. The van der Waals surface area contributed by atoms with Crippen molar-refractivity contribution >= 4 is 11.4 Å². The van der Waals surface area contributed by atoms with E-state index in [1.165, 1.54) is 77.0 Å². The molecule has 2 rings (SSSR count). The molecular formula is C34H56N3O3+. The SMILES string of the molecule is CCCCCCCCOc1ccc(N=Nc2ccc(OCCCCCCCCCC[N+](C)(C)CCO)cc2)cc1. The summed E-state index contributed by atoms with van der Waals surface area (Å²) in [5.74, 6) is 1.77. The number of hydrogen-bond acceptors (Lipinski definition) is 5. The van der Waals surface area contributed by atoms with Gasteiger partial charge in [-0.3, -0.25) is 0 Å². The summed E-state index contributed by atoms with van der Waals surface area (Å²) in [6.45, 7) is 6.06. The largest absolute Gasteiger partial charge is 0.494 e. The number of aliphatic hydroxyl groups excluding tert-OH is 1. The lowest BCUT2D eigenvalue weighted by Gasteiger charge is -2.28. The normalized spacial score (nSPS) is 11.8. The Morgan fingerprint density at radius 2 is 0.950 bits per heavy atom. The first-order chi connectivity index (χ1) is 19.5. The third-order valence-corrected chi connectivity index (χ3v) is 7.35. The molecule has 0 fully saturated rings. The molecule has 0 saturated heterocycles. The monoisotopic (exact) mass is 554 g/mol. The highest BCUT2D eigenvalue weighted by Gasteiger charge is 2.12. The van der Waals surface area contributed by atoms with E-state index in [0.29, 0.717) is 0 Å². The van der Waals surface area contributed by atoms with Crippen LogP contribution in [-0.2, 0) is 0 Å². The Morgan fingerprint density at radius 1 is 0.550 bits per heavy atom. The molecule has 1 N–H and O–H groups in total. The lowest BCUT2D eigenvalue weighted by Crippen LogP contribution is -2.42. The van der Waals surface area contributed by atoms with E-state index in [4.69, 9.17) is 14.6 Å². The standard InChI is InChI=1S/C34H56N3O3/c1-4-5-6-7-13-16-29-39-33-22-18-31(19-23-33)35-36-32-20-24-34(25-21-32)40-30-17-14-11-9-8-10-12-15-26-37(2,3)27-28-38/h18-25,38H,4-17,26-30H2,1-3H3/q+1. The second-order valence-electron chi connectivity index (χ2n) is 11.6. The van der Waals surface area contributed by atoms with Crippen LogP contribution < -0.4 is 9.47 Å². The lowest BCUT2D eigenvalue weighted by molar-refractivity contribution is -0.890. The van der Waals surface area contributed by atoms with Crippen LogP contribution in [0.1, 0.15) is 96.8 Å². The summed E-state index contributed by atoms with van der Waals surface area (Å²) in [5.41, 5.74) is 1.63. The van der Waals surface area contributed by atoms with E-state index in [2.05, 4.69) is 31.2 Å². The van der Waals surface area contributed by atoms with Gasteiger partial charge in [-0.05, 0) is 74.2 Å². The molecule has 6 nitrogen and oxygen atoms in total. The zero-order valence-electron chi connectivity index (χ0n) is 25.7. The molecule has 0 aliphatic heterocycles. The van der Waals surface area contributed by atoms with Gasteiger partial charge in [-0.2, -0.15) is 10.2 Å². The van der Waals surface area contributed by atoms with Gasteiger partial charge in [-0.1, -0.05) is 71.1 Å². The van der Waals surface area contributed by atoms with Crippen LogP contribution in [-0.4, -0.2) is 56.6 Å². The van der Waals surface area contributed by atoms with Crippen LogP contribution in [0.5, 0.6) is 11.5 Å². The van der Waals surface area contributed by atoms with Crippen LogP contribution in [0.3, 0.4) is 0 Å². The van der Waals surface area contributed by atoms with Crippen LogP contribution in [0.15, 0.2) is 58.8 Å². The summed E-state index contributed by atoms with van der Waals surface area (Å²) >= 11 is 0. The molecule has 0 aromatic heterocycles. The van der Waals surface area contributed by atoms with E-state index >= 15 is 0 Å². The van der Waals surface area contributed by atoms with Crippen LogP contribution in [0, 0.1) is 0 Å². The number of aliphatic hydroxyl groups is 1. The van der Waals surface area contributed by atoms with Crippen molar-refractivity contribution < 1.29 is 19.1 Å². The van der Waals surface area contributed by atoms with Crippen molar-refractivity contribution in [1.29, 1.82) is 0 Å². The van der Waals surface area contributed by atoms with E-state index in [9.17, 15) is 0 Å². The molecule has 0 spiro atoms. The molecular weight excluding hydrogens is 498 g/mol. The number of ether oxygens (including phenoxy) is 2. The first kappa shape index (κ1) is 33.8. The molecule has 0 radical (unpaired) electrons. The fourth-order valence-electron chi connectivity index (χ4n) is 4.68. The molecule has 0 aliphatic carbocycles. The molecule has 2 aromatic carbocycles. The zero-order chi connectivity index (χ0) is 28.7. The van der Waals surface area contributed by atoms with Gasteiger partial charge in [-0.25, -0.2) is 0 Å². The number of benzene rings is 2. The predicted octanol–water partition coefficient (Wildman–Crippen LogP) is 9.41. The first-order valence-corrected chi connectivity index (χ1v) is 15.8. The van der Waals surface area contributed by atoms with Crippen LogP contribution >= 0.6 is 0 Å². The topological polar surface area (TPSA) is 63.4 Å². The molecule has 0 saturated carbocycles. The third-order valence-electron chi connectivity index (χ3n) is 7.35. The highest BCUT2D eigenvalue weighted by atomic mass is 16.5. The minimum absolute atomic E-state index is 0.277. The number of unbranched alkanes of at least 4 members (excludes halogenated alkanes) is 12. The van der Waals surface area contributed by atoms with Crippen molar-refractivity contribution in [1.82, 2.24) is 0 Å². The zero-order valence-corrected chi connectivity index (χ0v) is 25.7. The van der Waals surface area contributed by atoms with E-state index < -0.39 is 0 Å². The maximum absolute atomic E-state index is 9.11. The Balaban J connectivity index is 1.51. The fraction of sp³-hybridized carbons (Fsp3) is 0.647. The van der Waals surface area contributed by atoms with Crippen LogP contribution in [0.25, 0.3) is 0 Å². The number of likely N-dealkylation sites (N-methyl/N-ethyl adjacent to an activating group) is 1. The maximum atomic E-state index is 9.11. The van der Waals surface area contributed by atoms with Gasteiger partial charge in [0, 0.05) is 0 Å². The minimum atomic E-state index is 0.277. The smallest absolute Gasteiger partial charge is 0.119 e. The van der Waals surface area contributed by atoms with E-state index in [-0.39, 0.29) is 6.61 Å². The van der Waals surface area contributed by atoms with E-state index in [1.807, 2.05) is 48.5 Å². The average molecular weight is 555 g/mol. The second kappa shape index (κ2) is 21.3. The Morgan fingerprint density at radius 3 is 1.38 bits per heavy atom.